The predicted molar refractivity (Wildman–Crippen MR) is 42.6 cm³/mol. The number of nitrogens with one attached hydrogen (secondary N) is 1. The van der Waals surface area contributed by atoms with Crippen LogP contribution in [0, 0.1) is 0 Å². The third kappa shape index (κ3) is 2.71. The van der Waals surface area contributed by atoms with Gasteiger partial charge < -0.3 is 10.4 Å². The minimum absolute atomic E-state index is 0.0377. The third-order valence-corrected chi connectivity index (χ3v) is 1.22. The number of benzene rings is 1. The first-order valence-electron chi connectivity index (χ1n) is 3.30. The zero-order valence-corrected chi connectivity index (χ0v) is 5.95. The first-order valence-corrected chi connectivity index (χ1v) is 3.30. The van der Waals surface area contributed by atoms with Crippen molar-refractivity contribution in [3.63, 3.8) is 0 Å². The van der Waals surface area contributed by atoms with E-state index in [1.54, 1.807) is 0 Å². The molecular weight excluding hydrogens is 141 g/mol. The van der Waals surface area contributed by atoms with Crippen molar-refractivity contribution in [1.82, 2.24) is 0 Å². The second kappa shape index (κ2) is 3.61. The lowest BCUT2D eigenvalue weighted by Crippen LogP contribution is -2.11. The van der Waals surface area contributed by atoms with Gasteiger partial charge in [-0.1, -0.05) is 18.2 Å². The largest absolute Gasteiger partial charge is 0.480 e. The number of hydrogen-bond acceptors (Lipinski definition) is 2. The minimum Gasteiger partial charge on any atom is -0.480 e. The van der Waals surface area contributed by atoms with E-state index in [1.165, 1.54) is 0 Å². The maximum atomic E-state index is 10.1. The fraction of sp³-hybridized carbons (Fsp3) is 0.125. The van der Waals surface area contributed by atoms with E-state index in [2.05, 4.69) is 5.32 Å². The number of para-hydroxylation sites is 1. The molecule has 0 bridgehead atoms. The highest BCUT2D eigenvalue weighted by Crippen LogP contribution is 2.03. The summed E-state index contributed by atoms with van der Waals surface area (Å²) < 4.78 is 0. The van der Waals surface area contributed by atoms with E-state index in [1.807, 2.05) is 30.3 Å². The molecule has 1 aromatic carbocycles. The van der Waals surface area contributed by atoms with E-state index < -0.39 is 5.97 Å². The lowest BCUT2D eigenvalue weighted by molar-refractivity contribution is -0.134. The van der Waals surface area contributed by atoms with Gasteiger partial charge in [0.2, 0.25) is 0 Å². The number of rotatable bonds is 3. The molecule has 0 amide bonds. The van der Waals surface area contributed by atoms with Gasteiger partial charge in [-0.15, -0.1) is 0 Å². The normalized spacial score (nSPS) is 9.09. The molecule has 0 heterocycles. The lowest BCUT2D eigenvalue weighted by atomic mass is 10.1. The summed E-state index contributed by atoms with van der Waals surface area (Å²) in [6, 6.07) is 9.23. The molecule has 3 nitrogen and oxygen atoms in total. The van der Waals surface area contributed by atoms with E-state index in [-0.39, 0.29) is 6.54 Å². The van der Waals surface area contributed by atoms with Crippen LogP contribution in [0.1, 0.15) is 0 Å². The van der Waals surface area contributed by atoms with Gasteiger partial charge in [-0.3, -0.25) is 4.79 Å². The van der Waals surface area contributed by atoms with Gasteiger partial charge in [0.1, 0.15) is 6.54 Å². The highest BCUT2D eigenvalue weighted by atomic mass is 16.3. The molecule has 1 aromatic rings. The van der Waals surface area contributed by atoms with Crippen molar-refractivity contribution in [2.75, 3.05) is 11.9 Å². The maximum Gasteiger partial charge on any atom is 0.322 e. The Morgan fingerprint density at radius 2 is 2.00 bits per heavy atom. The Labute approximate surface area is 64.7 Å². The summed E-state index contributed by atoms with van der Waals surface area (Å²) in [5, 5.41) is 11.1. The van der Waals surface area contributed by atoms with Gasteiger partial charge in [0.05, 0.1) is 0 Å². The van der Waals surface area contributed by atoms with E-state index in [0.717, 1.165) is 5.69 Å². The molecule has 0 aliphatic heterocycles. The number of carbonyl (C=O) groups is 1. The van der Waals surface area contributed by atoms with Crippen LogP contribution >= 0.6 is 0 Å². The number of hydrogen-bond donors (Lipinski definition) is 2. The van der Waals surface area contributed by atoms with Crippen LogP contribution < -0.4 is 5.32 Å². The predicted octanol–water partition coefficient (Wildman–Crippen LogP) is 1.18. The first kappa shape index (κ1) is 7.60. The van der Waals surface area contributed by atoms with Crippen LogP contribution in [0.5, 0.6) is 0 Å². The van der Waals surface area contributed by atoms with Crippen molar-refractivity contribution in [2.45, 2.75) is 0 Å². The molecule has 2 N–H and O–H groups in total. The van der Waals surface area contributed by atoms with Crippen molar-refractivity contribution in [1.29, 1.82) is 0 Å². The Hall–Kier alpha value is -1.51. The molecule has 0 radical (unpaired) electrons. The summed E-state index contributed by atoms with van der Waals surface area (Å²) >= 11 is 0. The van der Waals surface area contributed by atoms with Gasteiger partial charge in [-0.05, 0) is 12.1 Å². The van der Waals surface area contributed by atoms with Gasteiger partial charge >= 0.3 is 5.97 Å². The Morgan fingerprint density at radius 3 is 2.55 bits per heavy atom. The quantitative estimate of drug-likeness (QED) is 0.680. The number of carboxylic acid groups (broad SMARTS) is 1. The molecule has 58 valence electrons. The van der Waals surface area contributed by atoms with Crippen molar-refractivity contribution in [3.8, 4) is 0 Å². The highest BCUT2D eigenvalue weighted by molar-refractivity contribution is 5.72. The Bertz CT molecular complexity index is 233. The summed E-state index contributed by atoms with van der Waals surface area (Å²) in [6.07, 6.45) is 0. The highest BCUT2D eigenvalue weighted by Gasteiger charge is 1.93. The van der Waals surface area contributed by atoms with E-state index in [9.17, 15) is 4.79 Å². The molecule has 0 aromatic heterocycles. The first-order chi connectivity index (χ1) is 5.29. The van der Waals surface area contributed by atoms with Crippen LogP contribution in [0.3, 0.4) is 0 Å². The summed E-state index contributed by atoms with van der Waals surface area (Å²) in [4.78, 5) is 10.1. The van der Waals surface area contributed by atoms with Crippen molar-refractivity contribution < 1.29 is 9.90 Å². The van der Waals surface area contributed by atoms with Crippen LogP contribution in [0.25, 0.3) is 0 Å². The second-order valence-corrected chi connectivity index (χ2v) is 2.11. The van der Waals surface area contributed by atoms with Gasteiger partial charge in [-0.2, -0.15) is 0 Å². The number of aliphatic carboxylic acids is 1. The van der Waals surface area contributed by atoms with Crippen molar-refractivity contribution >= 4 is 11.7 Å². The Morgan fingerprint density at radius 1 is 1.36 bits per heavy atom. The van der Waals surface area contributed by atoms with Crippen LogP contribution in [0.4, 0.5) is 5.69 Å². The van der Waals surface area contributed by atoms with Gasteiger partial charge in [0.25, 0.3) is 0 Å². The molecule has 0 unspecified atom stereocenters. The van der Waals surface area contributed by atoms with Crippen LogP contribution in [-0.4, -0.2) is 17.6 Å². The fourth-order valence-corrected chi connectivity index (χ4v) is 0.734. The van der Waals surface area contributed by atoms with Crippen molar-refractivity contribution in [3.05, 3.63) is 30.3 Å². The van der Waals surface area contributed by atoms with Gasteiger partial charge in [0, 0.05) is 5.69 Å². The van der Waals surface area contributed by atoms with E-state index in [4.69, 9.17) is 5.11 Å². The van der Waals surface area contributed by atoms with Crippen LogP contribution in [0.2, 0.25) is 0 Å². The third-order valence-electron chi connectivity index (χ3n) is 1.22. The summed E-state index contributed by atoms with van der Waals surface area (Å²) in [6.45, 7) is -0.0377. The molecule has 0 atom stereocenters. The lowest BCUT2D eigenvalue weighted by Gasteiger charge is -2.00. The topological polar surface area (TPSA) is 49.3 Å². The SMILES string of the molecule is O=[11C](O)CNc1ccccc1. The Balaban J connectivity index is 2.45. The van der Waals surface area contributed by atoms with Gasteiger partial charge in [0.15, 0.2) is 0 Å². The molecule has 0 spiro atoms. The Kier molecular flexibility index (Phi) is 2.49. The minimum atomic E-state index is -0.853. The van der Waals surface area contributed by atoms with E-state index in [0.29, 0.717) is 0 Å². The summed E-state index contributed by atoms with van der Waals surface area (Å²) in [7, 11) is 0. The zero-order valence-electron chi connectivity index (χ0n) is 5.95. The van der Waals surface area contributed by atoms with Crippen LogP contribution in [0.15, 0.2) is 30.3 Å². The molecule has 0 aliphatic rings. The molecule has 0 saturated heterocycles. The zero-order chi connectivity index (χ0) is 8.10. The molecule has 1 rings (SSSR count). The summed E-state index contributed by atoms with van der Waals surface area (Å²) in [5.41, 5.74) is 0.829. The smallest absolute Gasteiger partial charge is 0.322 e. The van der Waals surface area contributed by atoms with Crippen LogP contribution in [-0.2, 0) is 4.79 Å². The molecule has 3 heteroatoms. The van der Waals surface area contributed by atoms with E-state index >= 15 is 0 Å². The number of carboxylic acids is 1. The van der Waals surface area contributed by atoms with Crippen molar-refractivity contribution in [2.24, 2.45) is 0 Å². The maximum absolute atomic E-state index is 10.1. The fourth-order valence-electron chi connectivity index (χ4n) is 0.734. The second-order valence-electron chi connectivity index (χ2n) is 2.11. The number of anilines is 1. The molecule has 0 aliphatic carbocycles. The van der Waals surface area contributed by atoms with Gasteiger partial charge in [-0.25, -0.2) is 0 Å². The average Bonchev–Trinajstić information content (AvgIpc) is 2.03. The monoisotopic (exact) mass is 150 g/mol. The molecule has 0 fully saturated rings. The average molecular weight is 150 g/mol. The molecular formula is C8H9NO2. The molecule has 11 heavy (non-hydrogen) atoms. The standard InChI is InChI=1S/C8H9NO2/c10-8(11)6-9-7-4-2-1-3-5-7/h1-5,9H,6H2,(H,10,11)/i8-1. The summed E-state index contributed by atoms with van der Waals surface area (Å²) in [5.74, 6) is -0.853. The molecule has 0 saturated carbocycles.